The largest absolute Gasteiger partial charge is 0.383 e. The van der Waals surface area contributed by atoms with E-state index in [0.29, 0.717) is 22.5 Å². The molecule has 1 fully saturated rings. The Kier molecular flexibility index (Phi) is 4.65. The second kappa shape index (κ2) is 7.40. The number of benzene rings is 1. The Morgan fingerprint density at radius 2 is 2.06 bits per heavy atom. The number of pyridine rings is 2. The summed E-state index contributed by atoms with van der Waals surface area (Å²) in [4.78, 5) is 21.6. The Morgan fingerprint density at radius 3 is 2.78 bits per heavy atom. The molecule has 1 amide bonds. The molecule has 1 saturated carbocycles. The highest BCUT2D eigenvalue weighted by molar-refractivity contribution is 5.99. The summed E-state index contributed by atoms with van der Waals surface area (Å²) in [5, 5.41) is 8.50. The predicted octanol–water partition coefficient (Wildman–Crippen LogP) is 4.05. The van der Waals surface area contributed by atoms with Crippen LogP contribution >= 0.6 is 0 Å². The summed E-state index contributed by atoms with van der Waals surface area (Å²) in [5.41, 5.74) is 8.83. The summed E-state index contributed by atoms with van der Waals surface area (Å²) in [6.07, 6.45) is 5.34. The normalized spacial score (nSPS) is 19.8. The molecule has 3 atom stereocenters. The van der Waals surface area contributed by atoms with Gasteiger partial charge in [0.15, 0.2) is 0 Å². The van der Waals surface area contributed by atoms with Crippen molar-refractivity contribution in [3.8, 4) is 11.3 Å². The fourth-order valence-electron chi connectivity index (χ4n) is 4.52. The van der Waals surface area contributed by atoms with Crippen LogP contribution in [0.15, 0.2) is 48.9 Å². The van der Waals surface area contributed by atoms with E-state index in [1.165, 1.54) is 6.07 Å². The number of fused-ring (bicyclic) bond motifs is 1. The second-order valence-corrected chi connectivity index (χ2v) is 8.46. The van der Waals surface area contributed by atoms with Crippen LogP contribution in [0.2, 0.25) is 0 Å². The number of hydrogen-bond donors (Lipinski definition) is 2. The van der Waals surface area contributed by atoms with Crippen LogP contribution in [-0.4, -0.2) is 25.7 Å². The maximum Gasteiger partial charge on any atom is 0.229 e. The average molecular weight is 430 g/mol. The van der Waals surface area contributed by atoms with E-state index in [4.69, 9.17) is 5.73 Å². The lowest BCUT2D eigenvalue weighted by Crippen LogP contribution is -2.16. The van der Waals surface area contributed by atoms with E-state index in [2.05, 4.69) is 27.3 Å². The first-order valence-corrected chi connectivity index (χ1v) is 10.4. The van der Waals surface area contributed by atoms with Crippen molar-refractivity contribution < 1.29 is 9.18 Å². The van der Waals surface area contributed by atoms with Crippen LogP contribution in [-0.2, 0) is 11.8 Å². The average Bonchev–Trinajstić information content (AvgIpc) is 3.22. The number of halogens is 1. The maximum absolute atomic E-state index is 14.5. The molecule has 8 heteroatoms. The number of carbonyl (C=O) groups excluding carboxylic acids is 1. The smallest absolute Gasteiger partial charge is 0.229 e. The van der Waals surface area contributed by atoms with E-state index in [-0.39, 0.29) is 35.3 Å². The topological polar surface area (TPSA) is 98.7 Å². The molecule has 3 aromatic heterocycles. The van der Waals surface area contributed by atoms with Crippen molar-refractivity contribution in [1.29, 1.82) is 0 Å². The van der Waals surface area contributed by atoms with E-state index in [0.717, 1.165) is 16.5 Å². The minimum atomic E-state index is -0.358. The number of carbonyl (C=O) groups is 1. The summed E-state index contributed by atoms with van der Waals surface area (Å²) in [6.45, 7) is 3.89. The van der Waals surface area contributed by atoms with Gasteiger partial charge in [-0.1, -0.05) is 19.1 Å². The lowest BCUT2D eigenvalue weighted by atomic mass is 10.0. The van der Waals surface area contributed by atoms with Crippen molar-refractivity contribution in [3.05, 3.63) is 65.9 Å². The van der Waals surface area contributed by atoms with Crippen molar-refractivity contribution in [3.63, 3.8) is 0 Å². The molecule has 162 valence electrons. The van der Waals surface area contributed by atoms with Gasteiger partial charge in [0.25, 0.3) is 0 Å². The summed E-state index contributed by atoms with van der Waals surface area (Å²) < 4.78 is 16.2. The van der Waals surface area contributed by atoms with E-state index in [9.17, 15) is 9.18 Å². The predicted molar refractivity (Wildman–Crippen MR) is 121 cm³/mol. The van der Waals surface area contributed by atoms with Gasteiger partial charge < -0.3 is 11.1 Å². The molecule has 3 N–H and O–H groups in total. The van der Waals surface area contributed by atoms with Gasteiger partial charge in [-0.2, -0.15) is 5.10 Å². The van der Waals surface area contributed by atoms with E-state index in [1.54, 1.807) is 29.1 Å². The molecule has 0 spiro atoms. The molecule has 0 saturated heterocycles. The van der Waals surface area contributed by atoms with Crippen LogP contribution in [0.4, 0.5) is 16.0 Å². The molecule has 0 aliphatic heterocycles. The molecule has 32 heavy (non-hydrogen) atoms. The Morgan fingerprint density at radius 1 is 1.25 bits per heavy atom. The third kappa shape index (κ3) is 3.37. The SMILES string of the molecule is Cc1cccc(F)c1-c1cc2cc(NC(=O)[C@H]3[C@H](C)[C@@H]3c3cnn(C)c3)ncc2c(N)n1. The zero-order valence-electron chi connectivity index (χ0n) is 18.0. The van der Waals surface area contributed by atoms with E-state index in [1.807, 2.05) is 32.4 Å². The third-order valence-corrected chi connectivity index (χ3v) is 6.27. The van der Waals surface area contributed by atoms with Crippen molar-refractivity contribution in [1.82, 2.24) is 19.7 Å². The number of nitrogens with two attached hydrogens (primary N) is 1. The zero-order valence-corrected chi connectivity index (χ0v) is 18.0. The summed E-state index contributed by atoms with van der Waals surface area (Å²) in [5.74, 6) is 0.505. The van der Waals surface area contributed by atoms with Gasteiger partial charge >= 0.3 is 0 Å². The first kappa shape index (κ1) is 20.1. The Labute approximate surface area is 184 Å². The zero-order chi connectivity index (χ0) is 22.6. The Bertz CT molecular complexity index is 1340. The number of aryl methyl sites for hydroxylation is 2. The molecule has 0 bridgehead atoms. The van der Waals surface area contributed by atoms with E-state index >= 15 is 0 Å². The number of amides is 1. The molecule has 3 heterocycles. The van der Waals surface area contributed by atoms with Gasteiger partial charge in [-0.05, 0) is 47.6 Å². The highest BCUT2D eigenvalue weighted by Gasteiger charge is 2.52. The van der Waals surface area contributed by atoms with Crippen molar-refractivity contribution >= 4 is 28.3 Å². The van der Waals surface area contributed by atoms with Crippen LogP contribution in [0.25, 0.3) is 22.0 Å². The molecule has 1 aliphatic rings. The van der Waals surface area contributed by atoms with Gasteiger partial charge in [0.2, 0.25) is 5.91 Å². The number of nitrogens with zero attached hydrogens (tertiary/aromatic N) is 4. The molecule has 4 aromatic rings. The van der Waals surface area contributed by atoms with Crippen LogP contribution in [0, 0.1) is 24.6 Å². The monoisotopic (exact) mass is 430 g/mol. The van der Waals surface area contributed by atoms with Gasteiger partial charge in [-0.3, -0.25) is 9.48 Å². The minimum absolute atomic E-state index is 0.0783. The minimum Gasteiger partial charge on any atom is -0.383 e. The van der Waals surface area contributed by atoms with Gasteiger partial charge in [0.1, 0.15) is 17.5 Å². The van der Waals surface area contributed by atoms with Gasteiger partial charge in [0.05, 0.1) is 11.9 Å². The number of nitrogen functional groups attached to an aromatic ring is 1. The first-order valence-electron chi connectivity index (χ1n) is 10.4. The fourth-order valence-corrected chi connectivity index (χ4v) is 4.52. The van der Waals surface area contributed by atoms with Crippen LogP contribution in [0.5, 0.6) is 0 Å². The van der Waals surface area contributed by atoms with Crippen molar-refractivity contribution in [2.24, 2.45) is 18.9 Å². The molecular formula is C24H23FN6O. The van der Waals surface area contributed by atoms with Gasteiger partial charge in [-0.25, -0.2) is 14.4 Å². The van der Waals surface area contributed by atoms with E-state index < -0.39 is 0 Å². The fraction of sp³-hybridized carbons (Fsp3) is 0.250. The van der Waals surface area contributed by atoms with Gasteiger partial charge in [-0.15, -0.1) is 0 Å². The number of nitrogens with one attached hydrogen (secondary N) is 1. The molecule has 0 unspecified atom stereocenters. The number of hydrogen-bond acceptors (Lipinski definition) is 5. The van der Waals surface area contributed by atoms with Crippen LogP contribution in [0.1, 0.15) is 24.0 Å². The summed E-state index contributed by atoms with van der Waals surface area (Å²) >= 11 is 0. The maximum atomic E-state index is 14.5. The quantitative estimate of drug-likeness (QED) is 0.509. The molecule has 0 radical (unpaired) electrons. The summed E-state index contributed by atoms with van der Waals surface area (Å²) in [7, 11) is 1.86. The van der Waals surface area contributed by atoms with Crippen molar-refractivity contribution in [2.45, 2.75) is 19.8 Å². The Balaban J connectivity index is 1.44. The highest BCUT2D eigenvalue weighted by atomic mass is 19.1. The summed E-state index contributed by atoms with van der Waals surface area (Å²) in [6, 6.07) is 8.41. The standard InChI is InChI=1S/C24H23FN6O/c1-12-5-4-6-17(25)20(12)18-7-14-8-19(27-10-16(14)23(26)29-18)30-24(32)22-13(2)21(22)15-9-28-31(3)11-15/h4-11,13,21-22H,1-3H3,(H2,26,29)(H,27,30,32)/t13-,21-,22+/m1/s1. The lowest BCUT2D eigenvalue weighted by Gasteiger charge is -2.11. The molecule has 7 nitrogen and oxygen atoms in total. The first-order chi connectivity index (χ1) is 15.3. The molecule has 1 aliphatic carbocycles. The molecule has 5 rings (SSSR count). The highest BCUT2D eigenvalue weighted by Crippen LogP contribution is 2.54. The third-order valence-electron chi connectivity index (χ3n) is 6.27. The molecular weight excluding hydrogens is 407 g/mol. The Hall–Kier alpha value is -3.81. The van der Waals surface area contributed by atoms with Crippen LogP contribution < -0.4 is 11.1 Å². The lowest BCUT2D eigenvalue weighted by molar-refractivity contribution is -0.117. The molecule has 1 aromatic carbocycles. The second-order valence-electron chi connectivity index (χ2n) is 8.46. The number of rotatable bonds is 4. The number of aromatic nitrogens is 4. The van der Waals surface area contributed by atoms with Crippen molar-refractivity contribution in [2.75, 3.05) is 11.1 Å². The van der Waals surface area contributed by atoms with Crippen LogP contribution in [0.3, 0.4) is 0 Å². The van der Waals surface area contributed by atoms with Gasteiger partial charge in [0, 0.05) is 42.2 Å². The number of anilines is 2.